The minimum Gasteiger partial charge on any atom is -0.520 e. The summed E-state index contributed by atoms with van der Waals surface area (Å²) in [6, 6.07) is 0. The van der Waals surface area contributed by atoms with Crippen molar-refractivity contribution in [2.75, 3.05) is 26.8 Å². The van der Waals surface area contributed by atoms with Gasteiger partial charge in [0.05, 0.1) is 0 Å². The van der Waals surface area contributed by atoms with Crippen LogP contribution < -0.4 is 0 Å². The zero-order chi connectivity index (χ0) is 12.8. The molecular formula is C11H22FmNO4-. The van der Waals surface area contributed by atoms with Crippen LogP contribution in [0.25, 0.3) is 0 Å². The smallest absolute Gasteiger partial charge is 0.290 e. The largest absolute Gasteiger partial charge is 0.520 e. The predicted molar refractivity (Wildman–Crippen MR) is 61.9 cm³/mol. The molecule has 1 heterocycles. The van der Waals surface area contributed by atoms with E-state index in [9.17, 15) is 4.79 Å². The van der Waals surface area contributed by atoms with E-state index in [2.05, 4.69) is 6.92 Å². The number of rotatable bonds is 2. The maximum atomic E-state index is 9.54. The molecule has 17 heavy (non-hydrogen) atoms. The fourth-order valence-corrected chi connectivity index (χ4v) is 0.880. The van der Waals surface area contributed by atoms with Gasteiger partial charge in [-0.3, -0.25) is 4.79 Å². The van der Waals surface area contributed by atoms with E-state index in [-0.39, 0.29) is 6.47 Å². The Hall–Kier alpha value is -2.10. The van der Waals surface area contributed by atoms with Gasteiger partial charge in [0, 0.05) is 13.2 Å². The van der Waals surface area contributed by atoms with Gasteiger partial charge in [0.25, 0.3) is 6.47 Å². The summed E-state index contributed by atoms with van der Waals surface area (Å²) < 4.78 is 5.14. The van der Waals surface area contributed by atoms with E-state index in [4.69, 9.17) is 14.6 Å². The summed E-state index contributed by atoms with van der Waals surface area (Å²) in [5, 5.41) is 6.89. The minimum absolute atomic E-state index is 0. The van der Waals surface area contributed by atoms with Gasteiger partial charge in [0.15, 0.2) is 0 Å². The summed E-state index contributed by atoms with van der Waals surface area (Å²) in [7, 11) is 1.69. The Labute approximate surface area is 97.4 Å². The molecule has 1 aliphatic heterocycles. The van der Waals surface area contributed by atoms with Crippen LogP contribution in [0.3, 0.4) is 0 Å². The van der Waals surface area contributed by atoms with Crippen LogP contribution in [0.4, 0.5) is 0 Å². The Kier molecular flexibility index (Phi) is 19.5. The Bertz CT molecular complexity index is 164. The van der Waals surface area contributed by atoms with E-state index in [0.717, 1.165) is 25.7 Å². The van der Waals surface area contributed by atoms with Gasteiger partial charge in [-0.1, -0.05) is 13.8 Å². The van der Waals surface area contributed by atoms with Crippen molar-refractivity contribution in [2.24, 2.45) is 5.92 Å². The normalized spacial score (nSPS) is 13.8. The Morgan fingerprint density at radius 2 is 1.88 bits per heavy atom. The standard InChI is InChI=1S/C6H12O.C4H8NO.CH2O2.Fm/c1-6-2-4-7-5-3-6;1-3-5(2)4-6;2-1-3;/h6H,2-5H2,1H3;3H2,1-2H3;1H,(H,2,3);/q;-1;;. The first-order valence-electron chi connectivity index (χ1n) is 5.36. The summed E-state index contributed by atoms with van der Waals surface area (Å²) in [4.78, 5) is 19.3. The molecule has 0 aromatic rings. The van der Waals surface area contributed by atoms with Gasteiger partial charge in [-0.25, -0.2) is 0 Å². The summed E-state index contributed by atoms with van der Waals surface area (Å²) in [6.07, 6.45) is 4.23. The Balaban J connectivity index is -0.000000182. The number of carbonyl (C=O) groups is 1. The Morgan fingerprint density at radius 1 is 1.47 bits per heavy atom. The molecule has 5 nitrogen and oxygen atoms in total. The first-order chi connectivity index (χ1) is 7.62. The van der Waals surface area contributed by atoms with Crippen LogP contribution in [-0.2, 0) is 14.3 Å². The quantitative estimate of drug-likeness (QED) is 0.359. The number of ether oxygens (including phenoxy) is 1. The van der Waals surface area contributed by atoms with Crippen LogP contribution in [0.15, 0.2) is 0 Å². The average molecular weight is 489 g/mol. The number of hydrogen-bond donors (Lipinski definition) is 1. The van der Waals surface area contributed by atoms with Crippen molar-refractivity contribution in [1.29, 1.82) is 0 Å². The molecule has 0 spiro atoms. The number of hydrogen-bond acceptors (Lipinski definition) is 3. The summed E-state index contributed by atoms with van der Waals surface area (Å²) in [6.45, 7) is 6.64. The van der Waals surface area contributed by atoms with E-state index >= 15 is 0 Å². The van der Waals surface area contributed by atoms with Crippen LogP contribution in [0.1, 0.15) is 26.7 Å². The van der Waals surface area contributed by atoms with Crippen LogP contribution in [0.2, 0.25) is 0 Å². The minimum atomic E-state index is -0.250. The first-order valence-corrected chi connectivity index (χ1v) is 5.36. The second-order valence-corrected chi connectivity index (χ2v) is 3.51. The molecule has 0 unspecified atom stereocenters. The number of carboxylic acid groups (broad SMARTS) is 1. The van der Waals surface area contributed by atoms with Crippen molar-refractivity contribution < 1.29 is 19.4 Å². The van der Waals surface area contributed by atoms with Crippen molar-refractivity contribution in [3.63, 3.8) is 0 Å². The molecule has 0 aliphatic carbocycles. The maximum absolute atomic E-state index is 9.54. The molecule has 0 saturated carbocycles. The predicted octanol–water partition coefficient (Wildman–Crippen LogP) is 1.14. The van der Waals surface area contributed by atoms with E-state index in [0.29, 0.717) is 0 Å². The topological polar surface area (TPSA) is 66.8 Å². The van der Waals surface area contributed by atoms with Crippen LogP contribution in [0, 0.1) is 5.92 Å². The van der Waals surface area contributed by atoms with Crippen molar-refractivity contribution >= 4 is 12.9 Å². The van der Waals surface area contributed by atoms with Gasteiger partial charge in [-0.2, -0.15) is 6.41 Å². The SMILES string of the molecule is CC1CCOCC1.CCN(C)[C-]=O.O=CO.[Fm]. The molecule has 6 heteroatoms. The van der Waals surface area contributed by atoms with Gasteiger partial charge >= 0.3 is 0 Å². The van der Waals surface area contributed by atoms with Crippen LogP contribution in [0.5, 0.6) is 0 Å². The van der Waals surface area contributed by atoms with Gasteiger partial charge in [0.2, 0.25) is 0 Å². The van der Waals surface area contributed by atoms with Crippen molar-refractivity contribution in [1.82, 2.24) is 4.90 Å². The maximum Gasteiger partial charge on any atom is 0.290 e. The third-order valence-electron chi connectivity index (χ3n) is 2.14. The second-order valence-electron chi connectivity index (χ2n) is 3.51. The number of nitrogens with zero attached hydrogens (tertiary/aromatic N) is 1. The Morgan fingerprint density at radius 3 is 2.00 bits per heavy atom. The fraction of sp³-hybridized carbons (Fsp3) is 0.818. The summed E-state index contributed by atoms with van der Waals surface area (Å²) in [5.41, 5.74) is 0. The molecule has 0 aromatic carbocycles. The summed E-state index contributed by atoms with van der Waals surface area (Å²) >= 11 is 0. The molecular weight excluding hydrogens is 467 g/mol. The van der Waals surface area contributed by atoms with E-state index in [1.807, 2.05) is 6.92 Å². The molecule has 1 fully saturated rings. The van der Waals surface area contributed by atoms with Gasteiger partial charge < -0.3 is 19.5 Å². The zero-order valence-electron chi connectivity index (χ0n) is 10.6. The third-order valence-corrected chi connectivity index (χ3v) is 2.14. The molecule has 1 saturated heterocycles. The molecule has 0 atom stereocenters. The second kappa shape index (κ2) is 16.3. The zero-order valence-corrected chi connectivity index (χ0v) is 13.0. The van der Waals surface area contributed by atoms with E-state index in [1.165, 1.54) is 17.7 Å². The van der Waals surface area contributed by atoms with Gasteiger partial charge in [-0.05, 0) is 32.4 Å². The fourth-order valence-electron chi connectivity index (χ4n) is 0.880. The van der Waals surface area contributed by atoms with Crippen molar-refractivity contribution in [3.8, 4) is 0 Å². The average Bonchev–Trinajstić information content (AvgIpc) is 2.31. The van der Waals surface area contributed by atoms with E-state index in [1.54, 1.807) is 13.5 Å². The van der Waals surface area contributed by atoms with E-state index < -0.39 is 0 Å². The van der Waals surface area contributed by atoms with Crippen molar-refractivity contribution in [2.45, 2.75) is 26.7 Å². The van der Waals surface area contributed by atoms with Crippen molar-refractivity contribution in [3.05, 3.63) is 0 Å². The molecule has 1 amide bonds. The van der Waals surface area contributed by atoms with Gasteiger partial charge in [-0.15, -0.1) is 0 Å². The molecule has 1 aliphatic rings. The number of carbonyl (C=O) groups excluding carboxylic acids is 1. The molecule has 0 radical (unpaired) electrons. The third kappa shape index (κ3) is 20.1. The number of amides is 1. The summed E-state index contributed by atoms with van der Waals surface area (Å²) in [5.74, 6) is 0.911. The molecule has 0 aromatic heterocycles. The monoisotopic (exact) mass is 489 g/mol. The van der Waals surface area contributed by atoms with Crippen LogP contribution in [-0.4, -0.2) is 49.7 Å². The first kappa shape index (κ1) is 20.3. The molecule has 0 bridgehead atoms. The molecule has 1 rings (SSSR count). The molecule has 1 N–H and O–H groups in total. The molecule has 108 valence electrons. The van der Waals surface area contributed by atoms with Crippen LogP contribution >= 0.6 is 0 Å². The van der Waals surface area contributed by atoms with Gasteiger partial charge in [0.1, 0.15) is 0 Å².